The van der Waals surface area contributed by atoms with Crippen LogP contribution >= 0.6 is 34.2 Å². The summed E-state index contributed by atoms with van der Waals surface area (Å²) in [6, 6.07) is 7.22. The molecule has 0 saturated heterocycles. The predicted molar refractivity (Wildman–Crippen MR) is 76.5 cm³/mol. The van der Waals surface area contributed by atoms with Gasteiger partial charge in [-0.15, -0.1) is 11.6 Å². The molecule has 1 aromatic rings. The van der Waals surface area contributed by atoms with Crippen molar-refractivity contribution in [3.05, 3.63) is 27.8 Å². The Morgan fingerprint density at radius 3 is 2.75 bits per heavy atom. The smallest absolute Gasteiger partial charge is 0.233 e. The maximum Gasteiger partial charge on any atom is 0.233 e. The maximum absolute atomic E-state index is 11.7. The third-order valence-electron chi connectivity index (χ3n) is 1.87. The highest BCUT2D eigenvalue weighted by molar-refractivity contribution is 14.1. The van der Waals surface area contributed by atoms with Crippen LogP contribution in [-0.2, 0) is 10.0 Å². The van der Waals surface area contributed by atoms with Crippen LogP contribution in [0.4, 0.5) is 5.69 Å². The van der Waals surface area contributed by atoms with E-state index in [1.165, 1.54) is 0 Å². The maximum atomic E-state index is 11.7. The lowest BCUT2D eigenvalue weighted by molar-refractivity contribution is 0.588. The van der Waals surface area contributed by atoms with Gasteiger partial charge in [-0.25, -0.2) is 8.42 Å². The summed E-state index contributed by atoms with van der Waals surface area (Å²) < 4.78 is 26.9. The molecule has 0 radical (unpaired) electrons. The Bertz CT molecular complexity index is 450. The Labute approximate surface area is 115 Å². The molecule has 0 aromatic heterocycles. The number of halogens is 2. The highest BCUT2D eigenvalue weighted by Crippen LogP contribution is 2.15. The van der Waals surface area contributed by atoms with Gasteiger partial charge in [0.15, 0.2) is 0 Å². The van der Waals surface area contributed by atoms with E-state index < -0.39 is 10.0 Å². The summed E-state index contributed by atoms with van der Waals surface area (Å²) in [5.74, 6) is 0.330. The topological polar surface area (TPSA) is 46.2 Å². The molecule has 1 aromatic carbocycles. The molecule has 3 nitrogen and oxygen atoms in total. The summed E-state index contributed by atoms with van der Waals surface area (Å²) in [4.78, 5) is 0. The summed E-state index contributed by atoms with van der Waals surface area (Å²) in [6.07, 6.45) is 0. The Morgan fingerprint density at radius 2 is 2.19 bits per heavy atom. The zero-order valence-electron chi connectivity index (χ0n) is 8.78. The molecule has 0 fully saturated rings. The van der Waals surface area contributed by atoms with E-state index in [9.17, 15) is 8.42 Å². The van der Waals surface area contributed by atoms with Crippen LogP contribution in [0.1, 0.15) is 6.92 Å². The Morgan fingerprint density at radius 1 is 1.50 bits per heavy atom. The lowest BCUT2D eigenvalue weighted by Gasteiger charge is -2.11. The van der Waals surface area contributed by atoms with E-state index >= 15 is 0 Å². The van der Waals surface area contributed by atoms with Gasteiger partial charge >= 0.3 is 0 Å². The second kappa shape index (κ2) is 6.07. The zero-order chi connectivity index (χ0) is 12.2. The molecule has 0 unspecified atom stereocenters. The lowest BCUT2D eigenvalue weighted by atomic mass is 10.3. The van der Waals surface area contributed by atoms with Gasteiger partial charge < -0.3 is 0 Å². The molecule has 0 saturated carbocycles. The van der Waals surface area contributed by atoms with Crippen molar-refractivity contribution < 1.29 is 8.42 Å². The number of sulfonamides is 1. The SMILES string of the molecule is C[C@H](CCl)CS(=O)(=O)Nc1cccc(I)c1. The number of hydrogen-bond acceptors (Lipinski definition) is 2. The van der Waals surface area contributed by atoms with Gasteiger partial charge in [0, 0.05) is 15.1 Å². The van der Waals surface area contributed by atoms with Gasteiger partial charge in [0.05, 0.1) is 5.75 Å². The summed E-state index contributed by atoms with van der Waals surface area (Å²) in [6.45, 7) is 1.81. The first-order chi connectivity index (χ1) is 7.43. The molecule has 0 amide bonds. The van der Waals surface area contributed by atoms with Gasteiger partial charge in [0.25, 0.3) is 0 Å². The minimum absolute atomic E-state index is 0.0436. The zero-order valence-corrected chi connectivity index (χ0v) is 12.5. The normalized spacial score (nSPS) is 13.4. The largest absolute Gasteiger partial charge is 0.284 e. The number of benzene rings is 1. The fourth-order valence-corrected chi connectivity index (χ4v) is 3.41. The van der Waals surface area contributed by atoms with E-state index in [4.69, 9.17) is 11.6 Å². The summed E-state index contributed by atoms with van der Waals surface area (Å²) in [5.41, 5.74) is 0.591. The molecule has 1 N–H and O–H groups in total. The molecule has 6 heteroatoms. The van der Waals surface area contributed by atoms with E-state index in [0.717, 1.165) is 3.57 Å². The molecule has 1 atom stereocenters. The first-order valence-corrected chi connectivity index (χ1v) is 8.01. The van der Waals surface area contributed by atoms with Crippen molar-refractivity contribution in [2.45, 2.75) is 6.92 Å². The molecule has 0 aliphatic rings. The molecule has 0 aliphatic carbocycles. The summed E-state index contributed by atoms with van der Waals surface area (Å²) in [7, 11) is -3.30. The molecule has 1 rings (SSSR count). The van der Waals surface area contributed by atoms with Crippen molar-refractivity contribution in [3.63, 3.8) is 0 Å². The molecule has 0 aliphatic heterocycles. The van der Waals surface area contributed by atoms with Crippen molar-refractivity contribution >= 4 is 49.9 Å². The predicted octanol–water partition coefficient (Wildman–Crippen LogP) is 2.91. The highest BCUT2D eigenvalue weighted by atomic mass is 127. The fraction of sp³-hybridized carbons (Fsp3) is 0.400. The minimum atomic E-state index is -3.30. The Hall–Kier alpha value is -0.0100. The molecule has 0 heterocycles. The van der Waals surface area contributed by atoms with Gasteiger partial charge in [0.2, 0.25) is 10.0 Å². The van der Waals surface area contributed by atoms with Crippen LogP contribution < -0.4 is 4.72 Å². The van der Waals surface area contributed by atoms with Gasteiger partial charge in [-0.05, 0) is 46.7 Å². The first kappa shape index (κ1) is 14.1. The van der Waals surface area contributed by atoms with Gasteiger partial charge in [-0.2, -0.15) is 0 Å². The van der Waals surface area contributed by atoms with Crippen molar-refractivity contribution in [1.82, 2.24) is 0 Å². The number of hydrogen-bond donors (Lipinski definition) is 1. The van der Waals surface area contributed by atoms with E-state index in [1.54, 1.807) is 19.1 Å². The minimum Gasteiger partial charge on any atom is -0.284 e. The van der Waals surface area contributed by atoms with E-state index in [2.05, 4.69) is 27.3 Å². The molecule has 0 bridgehead atoms. The Balaban J connectivity index is 2.73. The summed E-state index contributed by atoms with van der Waals surface area (Å²) >= 11 is 7.73. The van der Waals surface area contributed by atoms with Crippen LogP contribution in [0.5, 0.6) is 0 Å². The second-order valence-electron chi connectivity index (χ2n) is 3.65. The van der Waals surface area contributed by atoms with E-state index in [-0.39, 0.29) is 11.7 Å². The molecule has 0 spiro atoms. The third kappa shape index (κ3) is 4.88. The van der Waals surface area contributed by atoms with E-state index in [0.29, 0.717) is 11.6 Å². The first-order valence-electron chi connectivity index (χ1n) is 4.75. The monoisotopic (exact) mass is 373 g/mol. The number of anilines is 1. The van der Waals surface area contributed by atoms with Crippen LogP contribution in [0.25, 0.3) is 0 Å². The van der Waals surface area contributed by atoms with Crippen LogP contribution in [0.3, 0.4) is 0 Å². The average molecular weight is 374 g/mol. The van der Waals surface area contributed by atoms with Crippen molar-refractivity contribution in [3.8, 4) is 0 Å². The van der Waals surface area contributed by atoms with Crippen LogP contribution in [0.2, 0.25) is 0 Å². The number of alkyl halides is 1. The number of nitrogens with one attached hydrogen (secondary N) is 1. The third-order valence-corrected chi connectivity index (χ3v) is 4.62. The van der Waals surface area contributed by atoms with E-state index in [1.807, 2.05) is 12.1 Å². The summed E-state index contributed by atoms with van der Waals surface area (Å²) in [5, 5.41) is 0. The fourth-order valence-electron chi connectivity index (χ4n) is 1.19. The molecular formula is C10H13ClINO2S. The number of rotatable bonds is 5. The van der Waals surface area contributed by atoms with Crippen LogP contribution in [-0.4, -0.2) is 20.1 Å². The quantitative estimate of drug-likeness (QED) is 0.637. The van der Waals surface area contributed by atoms with Gasteiger partial charge in [-0.1, -0.05) is 13.0 Å². The van der Waals surface area contributed by atoms with Gasteiger partial charge in [-0.3, -0.25) is 4.72 Å². The average Bonchev–Trinajstić information content (AvgIpc) is 2.15. The Kier molecular flexibility index (Phi) is 5.33. The van der Waals surface area contributed by atoms with Crippen molar-refractivity contribution in [2.24, 2.45) is 5.92 Å². The van der Waals surface area contributed by atoms with Crippen molar-refractivity contribution in [2.75, 3.05) is 16.4 Å². The van der Waals surface area contributed by atoms with Crippen LogP contribution in [0.15, 0.2) is 24.3 Å². The van der Waals surface area contributed by atoms with Gasteiger partial charge in [0.1, 0.15) is 0 Å². The van der Waals surface area contributed by atoms with Crippen LogP contribution in [0, 0.1) is 9.49 Å². The standard InChI is InChI=1S/C10H13ClINO2S/c1-8(6-11)7-16(14,15)13-10-4-2-3-9(12)5-10/h2-5,8,13H,6-7H2,1H3/t8-/m1/s1. The highest BCUT2D eigenvalue weighted by Gasteiger charge is 2.14. The molecular weight excluding hydrogens is 361 g/mol. The molecule has 90 valence electrons. The lowest BCUT2D eigenvalue weighted by Crippen LogP contribution is -2.22. The van der Waals surface area contributed by atoms with Crippen molar-refractivity contribution in [1.29, 1.82) is 0 Å². The molecule has 16 heavy (non-hydrogen) atoms. The second-order valence-corrected chi connectivity index (χ2v) is 6.97.